The molecule has 3 heteroatoms. The van der Waals surface area contributed by atoms with Crippen molar-refractivity contribution in [2.24, 2.45) is 5.92 Å². The normalized spacial score (nSPS) is 19.8. The zero-order valence-corrected chi connectivity index (χ0v) is 13.7. The fourth-order valence-corrected chi connectivity index (χ4v) is 3.15. The summed E-state index contributed by atoms with van der Waals surface area (Å²) in [6, 6.07) is 6.82. The number of hydrogen-bond acceptors (Lipinski definition) is 2. The third-order valence-corrected chi connectivity index (χ3v) is 4.54. The Bertz CT molecular complexity index is 425. The number of halogens is 1. The molecule has 1 saturated heterocycles. The smallest absolute Gasteiger partial charge is 0.0408 e. The van der Waals surface area contributed by atoms with Crippen molar-refractivity contribution in [3.05, 3.63) is 34.3 Å². The van der Waals surface area contributed by atoms with Gasteiger partial charge in [0.15, 0.2) is 0 Å². The van der Waals surface area contributed by atoms with E-state index in [1.807, 2.05) is 6.07 Å². The molecule has 0 aliphatic carbocycles. The summed E-state index contributed by atoms with van der Waals surface area (Å²) in [5.41, 5.74) is 2.69. The fourth-order valence-electron chi connectivity index (χ4n) is 2.92. The van der Waals surface area contributed by atoms with E-state index < -0.39 is 0 Å². The van der Waals surface area contributed by atoms with Crippen LogP contribution in [0, 0.1) is 12.8 Å². The fraction of sp³-hybridized carbons (Fsp3) is 0.647. The molecule has 1 N–H and O–H groups in total. The second-order valence-corrected chi connectivity index (χ2v) is 6.74. The lowest BCUT2D eigenvalue weighted by Gasteiger charge is -2.33. The minimum atomic E-state index is 0.576. The van der Waals surface area contributed by atoms with Gasteiger partial charge < -0.3 is 5.32 Å². The Morgan fingerprint density at radius 2 is 2.20 bits per heavy atom. The second-order valence-electron chi connectivity index (χ2n) is 6.31. The Morgan fingerprint density at radius 3 is 2.80 bits per heavy atom. The van der Waals surface area contributed by atoms with Gasteiger partial charge in [-0.25, -0.2) is 0 Å². The lowest BCUT2D eigenvalue weighted by Crippen LogP contribution is -2.40. The van der Waals surface area contributed by atoms with Crippen molar-refractivity contribution in [3.8, 4) is 0 Å². The highest BCUT2D eigenvalue weighted by Gasteiger charge is 2.19. The lowest BCUT2D eigenvalue weighted by atomic mass is 9.98. The van der Waals surface area contributed by atoms with Crippen LogP contribution in [-0.2, 0) is 6.54 Å². The standard InChI is InChI=1S/C17H27ClN2/c1-13(2)20(11-15-5-4-8-19-10-15)12-16-6-7-17(18)9-14(16)3/h6-7,9,13,15,19H,4-5,8,10-12H2,1-3H3. The molecule has 1 unspecified atom stereocenters. The number of rotatable bonds is 5. The maximum Gasteiger partial charge on any atom is 0.0408 e. The van der Waals surface area contributed by atoms with Gasteiger partial charge in [0.05, 0.1) is 0 Å². The molecule has 1 fully saturated rings. The molecule has 1 aromatic rings. The molecule has 0 spiro atoms. The van der Waals surface area contributed by atoms with Crippen LogP contribution in [0.5, 0.6) is 0 Å². The zero-order chi connectivity index (χ0) is 14.5. The Labute approximate surface area is 128 Å². The van der Waals surface area contributed by atoms with Gasteiger partial charge in [0.25, 0.3) is 0 Å². The van der Waals surface area contributed by atoms with Crippen LogP contribution in [0.1, 0.15) is 37.8 Å². The average Bonchev–Trinajstić information content (AvgIpc) is 2.42. The number of hydrogen-bond donors (Lipinski definition) is 1. The van der Waals surface area contributed by atoms with Crippen LogP contribution < -0.4 is 5.32 Å². The first kappa shape index (κ1) is 15.8. The Kier molecular flexibility index (Phi) is 5.88. The summed E-state index contributed by atoms with van der Waals surface area (Å²) in [6.45, 7) is 11.3. The van der Waals surface area contributed by atoms with Crippen molar-refractivity contribution in [3.63, 3.8) is 0 Å². The Morgan fingerprint density at radius 1 is 1.40 bits per heavy atom. The van der Waals surface area contributed by atoms with Crippen LogP contribution in [0.4, 0.5) is 0 Å². The maximum absolute atomic E-state index is 6.05. The second kappa shape index (κ2) is 7.44. The lowest BCUT2D eigenvalue weighted by molar-refractivity contribution is 0.163. The first-order chi connectivity index (χ1) is 9.56. The van der Waals surface area contributed by atoms with Crippen molar-refractivity contribution >= 4 is 11.6 Å². The van der Waals surface area contributed by atoms with Gasteiger partial charge in [0.2, 0.25) is 0 Å². The first-order valence-electron chi connectivity index (χ1n) is 7.76. The van der Waals surface area contributed by atoms with E-state index >= 15 is 0 Å². The molecular formula is C17H27ClN2. The SMILES string of the molecule is Cc1cc(Cl)ccc1CN(CC1CCCNC1)C(C)C. The van der Waals surface area contributed by atoms with Crippen LogP contribution in [0.2, 0.25) is 5.02 Å². The molecule has 112 valence electrons. The molecule has 2 rings (SSSR count). The number of piperidine rings is 1. The summed E-state index contributed by atoms with van der Waals surface area (Å²) in [6.07, 6.45) is 2.67. The average molecular weight is 295 g/mol. The molecule has 0 amide bonds. The van der Waals surface area contributed by atoms with E-state index in [1.54, 1.807) is 0 Å². The van der Waals surface area contributed by atoms with Crippen LogP contribution in [0.3, 0.4) is 0 Å². The van der Waals surface area contributed by atoms with Gasteiger partial charge in [-0.3, -0.25) is 4.90 Å². The summed E-state index contributed by atoms with van der Waals surface area (Å²) >= 11 is 6.05. The summed E-state index contributed by atoms with van der Waals surface area (Å²) in [5, 5.41) is 4.35. The van der Waals surface area contributed by atoms with Gasteiger partial charge in [-0.05, 0) is 75.9 Å². The summed E-state index contributed by atoms with van der Waals surface area (Å²) in [5.74, 6) is 0.791. The molecule has 20 heavy (non-hydrogen) atoms. The maximum atomic E-state index is 6.05. The van der Waals surface area contributed by atoms with Gasteiger partial charge in [-0.2, -0.15) is 0 Å². The summed E-state index contributed by atoms with van der Waals surface area (Å²) < 4.78 is 0. The molecule has 0 radical (unpaired) electrons. The van der Waals surface area contributed by atoms with Crippen molar-refractivity contribution in [2.75, 3.05) is 19.6 Å². The molecule has 1 heterocycles. The highest BCUT2D eigenvalue weighted by Crippen LogP contribution is 2.20. The zero-order valence-electron chi connectivity index (χ0n) is 13.0. The number of aryl methyl sites for hydroxylation is 1. The summed E-state index contributed by atoms with van der Waals surface area (Å²) in [4.78, 5) is 2.59. The Hall–Kier alpha value is -0.570. The number of benzene rings is 1. The first-order valence-corrected chi connectivity index (χ1v) is 8.14. The van der Waals surface area contributed by atoms with E-state index in [0.717, 1.165) is 17.5 Å². The van der Waals surface area contributed by atoms with Crippen LogP contribution >= 0.6 is 11.6 Å². The third kappa shape index (κ3) is 4.47. The van der Waals surface area contributed by atoms with E-state index in [-0.39, 0.29) is 0 Å². The molecule has 0 aromatic heterocycles. The summed E-state index contributed by atoms with van der Waals surface area (Å²) in [7, 11) is 0. The van der Waals surface area contributed by atoms with Gasteiger partial charge in [-0.15, -0.1) is 0 Å². The van der Waals surface area contributed by atoms with Gasteiger partial charge >= 0.3 is 0 Å². The van der Waals surface area contributed by atoms with Crippen LogP contribution in [0.25, 0.3) is 0 Å². The van der Waals surface area contributed by atoms with Crippen molar-refractivity contribution in [2.45, 2.75) is 46.2 Å². The molecule has 1 atom stereocenters. The monoisotopic (exact) mass is 294 g/mol. The molecule has 2 nitrogen and oxygen atoms in total. The number of nitrogens with zero attached hydrogens (tertiary/aromatic N) is 1. The van der Waals surface area contributed by atoms with E-state index in [4.69, 9.17) is 11.6 Å². The predicted octanol–water partition coefficient (Wildman–Crippen LogP) is 3.86. The predicted molar refractivity (Wildman–Crippen MR) is 87.3 cm³/mol. The molecular weight excluding hydrogens is 268 g/mol. The Balaban J connectivity index is 2.01. The van der Waals surface area contributed by atoms with Crippen molar-refractivity contribution in [1.82, 2.24) is 10.2 Å². The van der Waals surface area contributed by atoms with Crippen LogP contribution in [-0.4, -0.2) is 30.6 Å². The minimum absolute atomic E-state index is 0.576. The van der Waals surface area contributed by atoms with Crippen molar-refractivity contribution < 1.29 is 0 Å². The van der Waals surface area contributed by atoms with Crippen LogP contribution in [0.15, 0.2) is 18.2 Å². The highest BCUT2D eigenvalue weighted by molar-refractivity contribution is 6.30. The van der Waals surface area contributed by atoms with E-state index in [9.17, 15) is 0 Å². The van der Waals surface area contributed by atoms with Gasteiger partial charge in [-0.1, -0.05) is 17.7 Å². The van der Waals surface area contributed by atoms with Gasteiger partial charge in [0.1, 0.15) is 0 Å². The number of nitrogens with one attached hydrogen (secondary N) is 1. The molecule has 1 aliphatic heterocycles. The molecule has 1 aromatic carbocycles. The quantitative estimate of drug-likeness (QED) is 0.887. The van der Waals surface area contributed by atoms with Gasteiger partial charge in [0, 0.05) is 24.2 Å². The van der Waals surface area contributed by atoms with E-state index in [1.165, 1.54) is 43.6 Å². The third-order valence-electron chi connectivity index (χ3n) is 4.30. The topological polar surface area (TPSA) is 15.3 Å². The highest BCUT2D eigenvalue weighted by atomic mass is 35.5. The van der Waals surface area contributed by atoms with Crippen molar-refractivity contribution in [1.29, 1.82) is 0 Å². The molecule has 0 saturated carbocycles. The molecule has 1 aliphatic rings. The minimum Gasteiger partial charge on any atom is -0.316 e. The van der Waals surface area contributed by atoms with E-state index in [0.29, 0.717) is 6.04 Å². The largest absolute Gasteiger partial charge is 0.316 e. The van der Waals surface area contributed by atoms with E-state index in [2.05, 4.69) is 43.1 Å². The molecule has 0 bridgehead atoms.